The van der Waals surface area contributed by atoms with Gasteiger partial charge in [-0.1, -0.05) is 0 Å². The minimum atomic E-state index is -0.874. The van der Waals surface area contributed by atoms with Crippen LogP contribution in [-0.4, -0.2) is 23.3 Å². The van der Waals surface area contributed by atoms with Gasteiger partial charge in [-0.05, 0) is 31.4 Å². The van der Waals surface area contributed by atoms with Crippen molar-refractivity contribution in [3.63, 3.8) is 0 Å². The Morgan fingerprint density at radius 1 is 1.44 bits per heavy atom. The van der Waals surface area contributed by atoms with E-state index in [0.717, 1.165) is 5.56 Å². The van der Waals surface area contributed by atoms with Crippen molar-refractivity contribution in [3.8, 4) is 11.5 Å². The quantitative estimate of drug-likeness (QED) is 0.818. The molecular weight excluding hydrogens is 208 g/mol. The number of hydrogen-bond donors (Lipinski definition) is 2. The summed E-state index contributed by atoms with van der Waals surface area (Å²) in [6, 6.07) is 3.18. The predicted octanol–water partition coefficient (Wildman–Crippen LogP) is 1.83. The Hall–Kier alpha value is -1.71. The van der Waals surface area contributed by atoms with Crippen LogP contribution in [0.4, 0.5) is 0 Å². The second-order valence-electron chi connectivity index (χ2n) is 4.23. The van der Waals surface area contributed by atoms with Crippen molar-refractivity contribution in [1.29, 1.82) is 0 Å². The van der Waals surface area contributed by atoms with E-state index in [1.165, 1.54) is 13.2 Å². The van der Waals surface area contributed by atoms with Crippen molar-refractivity contribution in [1.82, 2.24) is 0 Å². The Morgan fingerprint density at radius 2 is 2.06 bits per heavy atom. The molecule has 1 aliphatic carbocycles. The summed E-state index contributed by atoms with van der Waals surface area (Å²) >= 11 is 0. The third kappa shape index (κ3) is 1.41. The molecule has 16 heavy (non-hydrogen) atoms. The highest BCUT2D eigenvalue weighted by molar-refractivity contribution is 5.86. The van der Waals surface area contributed by atoms with Gasteiger partial charge in [0.2, 0.25) is 0 Å². The maximum atomic E-state index is 11.2. The number of ether oxygens (including phenoxy) is 1. The van der Waals surface area contributed by atoms with Crippen molar-refractivity contribution in [2.45, 2.75) is 25.2 Å². The highest BCUT2D eigenvalue weighted by Crippen LogP contribution is 2.52. The molecule has 1 aromatic rings. The van der Waals surface area contributed by atoms with Crippen molar-refractivity contribution >= 4 is 5.97 Å². The van der Waals surface area contributed by atoms with Crippen LogP contribution >= 0.6 is 0 Å². The number of hydrogen-bond acceptors (Lipinski definition) is 3. The summed E-state index contributed by atoms with van der Waals surface area (Å²) in [5.74, 6) is -0.294. The Kier molecular flexibility index (Phi) is 2.30. The molecule has 0 saturated heterocycles. The van der Waals surface area contributed by atoms with Crippen LogP contribution < -0.4 is 4.74 Å². The Labute approximate surface area is 93.5 Å². The van der Waals surface area contributed by atoms with Crippen molar-refractivity contribution < 1.29 is 19.7 Å². The number of phenols is 1. The average Bonchev–Trinajstić information content (AvgIpc) is 3.01. The fourth-order valence-electron chi connectivity index (χ4n) is 2.00. The third-order valence-electron chi connectivity index (χ3n) is 3.19. The molecule has 1 aromatic carbocycles. The first kappa shape index (κ1) is 10.8. The van der Waals surface area contributed by atoms with E-state index in [1.54, 1.807) is 6.07 Å². The molecule has 2 N–H and O–H groups in total. The summed E-state index contributed by atoms with van der Waals surface area (Å²) in [5, 5.41) is 19.0. The SMILES string of the molecule is COc1cc(O)c(C2(C(=O)O)CC2)cc1C. The topological polar surface area (TPSA) is 66.8 Å². The molecule has 0 amide bonds. The Morgan fingerprint density at radius 3 is 2.50 bits per heavy atom. The van der Waals surface area contributed by atoms with Gasteiger partial charge in [-0.25, -0.2) is 0 Å². The summed E-state index contributed by atoms with van der Waals surface area (Å²) in [6.45, 7) is 1.83. The number of phenolic OH excluding ortho intramolecular Hbond substituents is 1. The van der Waals surface area contributed by atoms with E-state index >= 15 is 0 Å². The Balaban J connectivity index is 2.51. The van der Waals surface area contributed by atoms with Crippen LogP contribution in [0.2, 0.25) is 0 Å². The first-order valence-corrected chi connectivity index (χ1v) is 5.13. The monoisotopic (exact) mass is 222 g/mol. The predicted molar refractivity (Wildman–Crippen MR) is 57.9 cm³/mol. The lowest BCUT2D eigenvalue weighted by Crippen LogP contribution is -2.19. The minimum Gasteiger partial charge on any atom is -0.507 e. The summed E-state index contributed by atoms with van der Waals surface area (Å²) in [5.41, 5.74) is 0.460. The number of aryl methyl sites for hydroxylation is 1. The second-order valence-corrected chi connectivity index (χ2v) is 4.23. The van der Waals surface area contributed by atoms with Crippen molar-refractivity contribution in [3.05, 3.63) is 23.3 Å². The zero-order valence-electron chi connectivity index (χ0n) is 9.28. The highest BCUT2D eigenvalue weighted by atomic mass is 16.5. The molecule has 0 bridgehead atoms. The van der Waals surface area contributed by atoms with Gasteiger partial charge in [0.15, 0.2) is 0 Å². The molecule has 0 aliphatic heterocycles. The molecule has 0 heterocycles. The van der Waals surface area contributed by atoms with Crippen LogP contribution in [0.5, 0.6) is 11.5 Å². The van der Waals surface area contributed by atoms with Gasteiger partial charge in [0, 0.05) is 11.6 Å². The molecule has 0 aromatic heterocycles. The summed E-state index contributed by atoms with van der Waals surface area (Å²) < 4.78 is 5.07. The lowest BCUT2D eigenvalue weighted by Gasteiger charge is -2.15. The standard InChI is InChI=1S/C12H14O4/c1-7-5-8(9(13)6-10(7)16-2)12(3-4-12)11(14)15/h5-6,13H,3-4H2,1-2H3,(H,14,15). The van der Waals surface area contributed by atoms with E-state index in [9.17, 15) is 9.90 Å². The molecule has 4 heteroatoms. The number of carboxylic acids is 1. The molecule has 0 spiro atoms. The lowest BCUT2D eigenvalue weighted by molar-refractivity contribution is -0.140. The van der Waals surface area contributed by atoms with Gasteiger partial charge in [-0.3, -0.25) is 4.79 Å². The van der Waals surface area contributed by atoms with Crippen LogP contribution in [-0.2, 0) is 10.2 Å². The van der Waals surface area contributed by atoms with E-state index in [2.05, 4.69) is 0 Å². The van der Waals surface area contributed by atoms with E-state index in [-0.39, 0.29) is 5.75 Å². The van der Waals surface area contributed by atoms with Gasteiger partial charge in [0.25, 0.3) is 0 Å². The van der Waals surface area contributed by atoms with Gasteiger partial charge >= 0.3 is 5.97 Å². The number of carbonyl (C=O) groups is 1. The molecule has 1 saturated carbocycles. The van der Waals surface area contributed by atoms with Crippen molar-refractivity contribution in [2.75, 3.05) is 7.11 Å². The first-order chi connectivity index (χ1) is 7.51. The van der Waals surface area contributed by atoms with Crippen LogP contribution in [0.1, 0.15) is 24.0 Å². The van der Waals surface area contributed by atoms with Crippen LogP contribution in [0, 0.1) is 6.92 Å². The van der Waals surface area contributed by atoms with E-state index < -0.39 is 11.4 Å². The maximum absolute atomic E-state index is 11.2. The van der Waals surface area contributed by atoms with Gasteiger partial charge in [0.05, 0.1) is 12.5 Å². The number of benzene rings is 1. The fourth-order valence-corrected chi connectivity index (χ4v) is 2.00. The van der Waals surface area contributed by atoms with Crippen LogP contribution in [0.15, 0.2) is 12.1 Å². The first-order valence-electron chi connectivity index (χ1n) is 5.13. The highest BCUT2D eigenvalue weighted by Gasteiger charge is 2.53. The molecule has 2 rings (SSSR count). The molecule has 1 fully saturated rings. The largest absolute Gasteiger partial charge is 0.507 e. The number of aliphatic carboxylic acids is 1. The number of methoxy groups -OCH3 is 1. The molecule has 0 unspecified atom stereocenters. The van der Waals surface area contributed by atoms with Gasteiger partial charge in [-0.15, -0.1) is 0 Å². The minimum absolute atomic E-state index is 0.00218. The lowest BCUT2D eigenvalue weighted by atomic mass is 9.93. The summed E-state index contributed by atoms with van der Waals surface area (Å²) in [6.07, 6.45) is 1.17. The average molecular weight is 222 g/mol. The second kappa shape index (κ2) is 3.40. The molecule has 0 radical (unpaired) electrons. The van der Waals surface area contributed by atoms with Gasteiger partial charge < -0.3 is 14.9 Å². The normalized spacial score (nSPS) is 16.9. The zero-order valence-corrected chi connectivity index (χ0v) is 9.28. The van der Waals surface area contributed by atoms with Crippen LogP contribution in [0.3, 0.4) is 0 Å². The number of aromatic hydroxyl groups is 1. The fraction of sp³-hybridized carbons (Fsp3) is 0.417. The Bertz CT molecular complexity index is 447. The maximum Gasteiger partial charge on any atom is 0.314 e. The molecule has 0 atom stereocenters. The van der Waals surface area contributed by atoms with Crippen molar-refractivity contribution in [2.24, 2.45) is 0 Å². The summed E-state index contributed by atoms with van der Waals surface area (Å²) in [7, 11) is 1.52. The number of rotatable bonds is 3. The van der Waals surface area contributed by atoms with E-state index in [1.807, 2.05) is 6.92 Å². The molecular formula is C12H14O4. The smallest absolute Gasteiger partial charge is 0.314 e. The number of carboxylic acid groups (broad SMARTS) is 1. The zero-order chi connectivity index (χ0) is 11.9. The van der Waals surface area contributed by atoms with E-state index in [4.69, 9.17) is 9.84 Å². The molecule has 86 valence electrons. The van der Waals surface area contributed by atoms with Crippen LogP contribution in [0.25, 0.3) is 0 Å². The molecule has 1 aliphatic rings. The van der Waals surface area contributed by atoms with Gasteiger partial charge in [0.1, 0.15) is 11.5 Å². The molecule has 4 nitrogen and oxygen atoms in total. The third-order valence-corrected chi connectivity index (χ3v) is 3.19. The summed E-state index contributed by atoms with van der Waals surface area (Å²) in [4.78, 5) is 11.2. The van der Waals surface area contributed by atoms with Gasteiger partial charge in [-0.2, -0.15) is 0 Å². The van der Waals surface area contributed by atoms with E-state index in [0.29, 0.717) is 24.2 Å².